The summed E-state index contributed by atoms with van der Waals surface area (Å²) in [7, 11) is 0. The number of aryl methyl sites for hydroxylation is 2. The maximum atomic E-state index is 13.6. The molecule has 40 heavy (non-hydrogen) atoms. The van der Waals surface area contributed by atoms with E-state index in [-0.39, 0.29) is 11.9 Å². The van der Waals surface area contributed by atoms with Gasteiger partial charge in [0.25, 0.3) is 0 Å². The van der Waals surface area contributed by atoms with Crippen molar-refractivity contribution in [2.45, 2.75) is 57.3 Å². The SMILES string of the molecule is Cc1cc(-c2nc(CSc3nc(C)c(C)c(-c4ccc(OC[C@H]5COC(C)(C)O5)cc4)c3C#N)co2)ccc1F. The van der Waals surface area contributed by atoms with Crippen LogP contribution in [-0.2, 0) is 15.2 Å². The van der Waals surface area contributed by atoms with Gasteiger partial charge in [-0.3, -0.25) is 0 Å². The molecule has 0 bridgehead atoms. The Labute approximate surface area is 237 Å². The second kappa shape index (κ2) is 11.4. The second-order valence-corrected chi connectivity index (χ2v) is 11.1. The van der Waals surface area contributed by atoms with E-state index >= 15 is 0 Å². The molecular weight excluding hydrogens is 529 g/mol. The smallest absolute Gasteiger partial charge is 0.226 e. The first-order valence-electron chi connectivity index (χ1n) is 12.9. The lowest BCUT2D eigenvalue weighted by molar-refractivity contribution is -0.141. The summed E-state index contributed by atoms with van der Waals surface area (Å²) in [5.74, 6) is 0.740. The zero-order valence-electron chi connectivity index (χ0n) is 23.1. The minimum absolute atomic E-state index is 0.120. The van der Waals surface area contributed by atoms with Crippen molar-refractivity contribution in [1.82, 2.24) is 9.97 Å². The highest BCUT2D eigenvalue weighted by molar-refractivity contribution is 7.98. The summed E-state index contributed by atoms with van der Waals surface area (Å²) in [6.07, 6.45) is 1.46. The van der Waals surface area contributed by atoms with Gasteiger partial charge in [0.2, 0.25) is 5.89 Å². The van der Waals surface area contributed by atoms with E-state index in [0.29, 0.717) is 58.0 Å². The van der Waals surface area contributed by atoms with Gasteiger partial charge in [0.05, 0.1) is 17.9 Å². The zero-order chi connectivity index (χ0) is 28.4. The minimum Gasteiger partial charge on any atom is -0.491 e. The third-order valence-electron chi connectivity index (χ3n) is 6.72. The van der Waals surface area contributed by atoms with Gasteiger partial charge in [0.1, 0.15) is 41.6 Å². The van der Waals surface area contributed by atoms with Crippen LogP contribution in [0, 0.1) is 37.9 Å². The molecule has 0 amide bonds. The Hall–Kier alpha value is -3.71. The predicted octanol–water partition coefficient (Wildman–Crippen LogP) is 7.16. The van der Waals surface area contributed by atoms with Gasteiger partial charge in [-0.15, -0.1) is 0 Å². The molecule has 1 atom stereocenters. The van der Waals surface area contributed by atoms with Gasteiger partial charge in [0.15, 0.2) is 5.79 Å². The number of rotatable bonds is 8. The van der Waals surface area contributed by atoms with Crippen molar-refractivity contribution in [3.63, 3.8) is 0 Å². The van der Waals surface area contributed by atoms with Gasteiger partial charge in [-0.25, -0.2) is 14.4 Å². The number of pyridine rings is 1. The summed E-state index contributed by atoms with van der Waals surface area (Å²) in [4.78, 5) is 9.28. The average Bonchev–Trinajstić information content (AvgIpc) is 3.55. The van der Waals surface area contributed by atoms with Gasteiger partial charge in [-0.1, -0.05) is 23.9 Å². The van der Waals surface area contributed by atoms with Crippen LogP contribution in [0.2, 0.25) is 0 Å². The van der Waals surface area contributed by atoms with Crippen LogP contribution in [0.1, 0.15) is 41.9 Å². The molecule has 1 aliphatic heterocycles. The summed E-state index contributed by atoms with van der Waals surface area (Å²) in [5, 5.41) is 10.8. The molecule has 7 nitrogen and oxygen atoms in total. The summed E-state index contributed by atoms with van der Waals surface area (Å²) in [5.41, 5.74) is 6.00. The Morgan fingerprint density at radius 3 is 2.52 bits per heavy atom. The topological polar surface area (TPSA) is 90.4 Å². The summed E-state index contributed by atoms with van der Waals surface area (Å²) in [6.45, 7) is 10.3. The Morgan fingerprint density at radius 2 is 1.85 bits per heavy atom. The van der Waals surface area contributed by atoms with Gasteiger partial charge in [-0.05, 0) is 81.6 Å². The summed E-state index contributed by atoms with van der Waals surface area (Å²) < 4.78 is 36.6. The number of aromatic nitrogens is 2. The van der Waals surface area contributed by atoms with Crippen molar-refractivity contribution in [1.29, 1.82) is 5.26 Å². The molecule has 0 aliphatic carbocycles. The van der Waals surface area contributed by atoms with Crippen LogP contribution >= 0.6 is 11.8 Å². The monoisotopic (exact) mass is 559 g/mol. The zero-order valence-corrected chi connectivity index (χ0v) is 23.9. The molecule has 0 unspecified atom stereocenters. The lowest BCUT2D eigenvalue weighted by Gasteiger charge is -2.17. The van der Waals surface area contributed by atoms with Gasteiger partial charge >= 0.3 is 0 Å². The van der Waals surface area contributed by atoms with Crippen LogP contribution in [0.25, 0.3) is 22.6 Å². The first-order valence-corrected chi connectivity index (χ1v) is 13.9. The molecule has 206 valence electrons. The molecule has 2 aromatic heterocycles. The summed E-state index contributed by atoms with van der Waals surface area (Å²) in [6, 6.07) is 14.8. The highest BCUT2D eigenvalue weighted by Gasteiger charge is 2.33. The largest absolute Gasteiger partial charge is 0.491 e. The third-order valence-corrected chi connectivity index (χ3v) is 7.73. The number of halogens is 1. The van der Waals surface area contributed by atoms with E-state index in [2.05, 4.69) is 11.1 Å². The highest BCUT2D eigenvalue weighted by atomic mass is 32.2. The molecule has 9 heteroatoms. The number of hydrogen-bond donors (Lipinski definition) is 0. The lowest BCUT2D eigenvalue weighted by Crippen LogP contribution is -2.25. The van der Waals surface area contributed by atoms with E-state index in [1.54, 1.807) is 25.3 Å². The molecule has 1 aliphatic rings. The molecule has 2 aromatic carbocycles. The van der Waals surface area contributed by atoms with Crippen molar-refractivity contribution >= 4 is 11.8 Å². The number of nitrogens with zero attached hydrogens (tertiary/aromatic N) is 3. The molecule has 0 saturated carbocycles. The molecule has 0 N–H and O–H groups in total. The number of oxazole rings is 1. The van der Waals surface area contributed by atoms with Crippen LogP contribution in [0.5, 0.6) is 5.75 Å². The molecule has 0 spiro atoms. The quantitative estimate of drug-likeness (QED) is 0.210. The van der Waals surface area contributed by atoms with E-state index in [9.17, 15) is 9.65 Å². The van der Waals surface area contributed by atoms with Crippen molar-refractivity contribution < 1.29 is 23.0 Å². The molecule has 3 heterocycles. The third kappa shape index (κ3) is 6.04. The lowest BCUT2D eigenvalue weighted by atomic mass is 9.96. The van der Waals surface area contributed by atoms with E-state index in [1.165, 1.54) is 17.8 Å². The van der Waals surface area contributed by atoms with E-state index in [1.807, 2.05) is 52.0 Å². The normalized spacial score (nSPS) is 16.2. The average molecular weight is 560 g/mol. The van der Waals surface area contributed by atoms with Crippen LogP contribution in [0.15, 0.2) is 58.2 Å². The van der Waals surface area contributed by atoms with Crippen molar-refractivity contribution in [3.05, 3.63) is 82.6 Å². The molecular formula is C31H30FN3O4S. The van der Waals surface area contributed by atoms with Crippen LogP contribution < -0.4 is 4.74 Å². The van der Waals surface area contributed by atoms with Crippen molar-refractivity contribution in [3.8, 4) is 34.4 Å². The first-order chi connectivity index (χ1) is 19.1. The first kappa shape index (κ1) is 27.8. The molecule has 1 fully saturated rings. The van der Waals surface area contributed by atoms with Crippen molar-refractivity contribution in [2.24, 2.45) is 0 Å². The highest BCUT2D eigenvalue weighted by Crippen LogP contribution is 2.36. The number of ether oxygens (including phenoxy) is 3. The fourth-order valence-corrected chi connectivity index (χ4v) is 5.43. The van der Waals surface area contributed by atoms with E-state index in [0.717, 1.165) is 22.4 Å². The van der Waals surface area contributed by atoms with Crippen LogP contribution in [-0.4, -0.2) is 35.1 Å². The van der Waals surface area contributed by atoms with Crippen LogP contribution in [0.3, 0.4) is 0 Å². The molecule has 0 radical (unpaired) electrons. The fraction of sp³-hybridized carbons (Fsp3) is 0.323. The van der Waals surface area contributed by atoms with Gasteiger partial charge in [-0.2, -0.15) is 5.26 Å². The van der Waals surface area contributed by atoms with Gasteiger partial charge in [0, 0.05) is 22.6 Å². The van der Waals surface area contributed by atoms with Crippen LogP contribution in [0.4, 0.5) is 4.39 Å². The maximum Gasteiger partial charge on any atom is 0.226 e. The predicted molar refractivity (Wildman–Crippen MR) is 150 cm³/mol. The standard InChI is InChI=1S/C31H30FN3O4S/c1-18-12-22(8-11-27(18)32)29-35-23(14-37-29)17-40-30-26(13-33)28(19(2)20(3)34-30)21-6-9-24(10-7-21)36-15-25-16-38-31(4,5)39-25/h6-12,14,25H,15-17H2,1-5H3/t25-/m0/s1. The maximum absolute atomic E-state index is 13.6. The molecule has 4 aromatic rings. The van der Waals surface area contributed by atoms with E-state index < -0.39 is 5.79 Å². The Morgan fingerprint density at radius 1 is 1.10 bits per heavy atom. The summed E-state index contributed by atoms with van der Waals surface area (Å²) >= 11 is 1.43. The van der Waals surface area contributed by atoms with Gasteiger partial charge < -0.3 is 18.6 Å². The molecule has 1 saturated heterocycles. The Bertz CT molecular complexity index is 1580. The number of nitriles is 1. The Balaban J connectivity index is 1.32. The van der Waals surface area contributed by atoms with E-state index in [4.69, 9.17) is 23.6 Å². The number of hydrogen-bond acceptors (Lipinski definition) is 8. The Kier molecular flexibility index (Phi) is 7.95. The molecule has 5 rings (SSSR count). The fourth-order valence-electron chi connectivity index (χ4n) is 4.51. The number of benzene rings is 2. The minimum atomic E-state index is -0.588. The van der Waals surface area contributed by atoms with Crippen molar-refractivity contribution in [2.75, 3.05) is 13.2 Å². The second-order valence-electron chi connectivity index (χ2n) is 10.2. The number of thioether (sulfide) groups is 1.